The number of carboxylic acids is 1. The lowest BCUT2D eigenvalue weighted by Gasteiger charge is -2.13. The molecule has 0 radical (unpaired) electrons. The number of primary amides is 1. The van der Waals surface area contributed by atoms with Gasteiger partial charge in [0.2, 0.25) is 11.8 Å². The van der Waals surface area contributed by atoms with E-state index in [0.717, 1.165) is 0 Å². The zero-order valence-corrected chi connectivity index (χ0v) is 12.1. The Morgan fingerprint density at radius 3 is 2.24 bits per heavy atom. The fourth-order valence-corrected chi connectivity index (χ4v) is 1.31. The summed E-state index contributed by atoms with van der Waals surface area (Å²) in [5, 5.41) is 15.9. The smallest absolute Gasteiger partial charge is 0.326 e. The molecular formula is C12H22N4O5. The van der Waals surface area contributed by atoms with Gasteiger partial charge < -0.3 is 26.8 Å². The Kier molecular flexibility index (Phi) is 8.51. The van der Waals surface area contributed by atoms with Crippen molar-refractivity contribution >= 4 is 23.8 Å². The lowest BCUT2D eigenvalue weighted by atomic mass is 10.2. The van der Waals surface area contributed by atoms with Crippen LogP contribution in [-0.4, -0.2) is 48.1 Å². The van der Waals surface area contributed by atoms with Crippen molar-refractivity contribution < 1.29 is 24.3 Å². The van der Waals surface area contributed by atoms with E-state index in [0.29, 0.717) is 12.5 Å². The molecule has 0 aromatic carbocycles. The summed E-state index contributed by atoms with van der Waals surface area (Å²) in [5.74, 6) is -2.08. The lowest BCUT2D eigenvalue weighted by molar-refractivity contribution is -0.140. The molecule has 0 fully saturated rings. The van der Waals surface area contributed by atoms with E-state index in [4.69, 9.17) is 10.8 Å². The molecule has 0 aromatic rings. The first kappa shape index (κ1) is 18.7. The largest absolute Gasteiger partial charge is 0.480 e. The van der Waals surface area contributed by atoms with E-state index in [9.17, 15) is 19.2 Å². The van der Waals surface area contributed by atoms with Gasteiger partial charge in [-0.2, -0.15) is 0 Å². The maximum Gasteiger partial charge on any atom is 0.326 e. The van der Waals surface area contributed by atoms with Crippen LogP contribution >= 0.6 is 0 Å². The minimum absolute atomic E-state index is 0.0542. The fourth-order valence-electron chi connectivity index (χ4n) is 1.31. The molecule has 0 saturated carbocycles. The van der Waals surface area contributed by atoms with E-state index >= 15 is 0 Å². The van der Waals surface area contributed by atoms with Crippen LogP contribution < -0.4 is 21.7 Å². The van der Waals surface area contributed by atoms with E-state index in [1.807, 2.05) is 13.8 Å². The van der Waals surface area contributed by atoms with Gasteiger partial charge >= 0.3 is 12.0 Å². The van der Waals surface area contributed by atoms with Crippen molar-refractivity contribution in [3.8, 4) is 0 Å². The summed E-state index contributed by atoms with van der Waals surface area (Å²) in [5.41, 5.74) is 4.88. The Hall–Kier alpha value is -2.32. The zero-order chi connectivity index (χ0) is 16.4. The average Bonchev–Trinajstić information content (AvgIpc) is 2.34. The molecule has 0 aromatic heterocycles. The molecule has 9 heteroatoms. The highest BCUT2D eigenvalue weighted by Crippen LogP contribution is 1.92. The molecule has 1 atom stereocenters. The van der Waals surface area contributed by atoms with Gasteiger partial charge in [0.25, 0.3) is 0 Å². The van der Waals surface area contributed by atoms with E-state index in [1.54, 1.807) is 0 Å². The molecule has 0 unspecified atom stereocenters. The number of carbonyl (C=O) groups excluding carboxylic acids is 3. The molecule has 9 nitrogen and oxygen atoms in total. The quantitative estimate of drug-likeness (QED) is 0.361. The summed E-state index contributed by atoms with van der Waals surface area (Å²) < 4.78 is 0. The Bertz CT molecular complexity index is 397. The van der Waals surface area contributed by atoms with Crippen LogP contribution in [0.5, 0.6) is 0 Å². The van der Waals surface area contributed by atoms with Gasteiger partial charge in [0, 0.05) is 19.5 Å². The first-order valence-corrected chi connectivity index (χ1v) is 6.54. The highest BCUT2D eigenvalue weighted by atomic mass is 16.4. The number of carbonyl (C=O) groups is 4. The maximum atomic E-state index is 11.4. The topological polar surface area (TPSA) is 151 Å². The minimum Gasteiger partial charge on any atom is -0.480 e. The molecule has 0 aliphatic heterocycles. The maximum absolute atomic E-state index is 11.4. The minimum atomic E-state index is -1.39. The molecule has 0 bridgehead atoms. The van der Waals surface area contributed by atoms with Crippen LogP contribution in [0.4, 0.5) is 4.79 Å². The Morgan fingerprint density at radius 1 is 1.14 bits per heavy atom. The van der Waals surface area contributed by atoms with Crippen molar-refractivity contribution in [2.24, 2.45) is 11.7 Å². The highest BCUT2D eigenvalue weighted by Gasteiger charge is 2.21. The van der Waals surface area contributed by atoms with Crippen LogP contribution in [0.2, 0.25) is 0 Å². The lowest BCUT2D eigenvalue weighted by Crippen LogP contribution is -2.48. The number of amides is 4. The van der Waals surface area contributed by atoms with Gasteiger partial charge in [0.15, 0.2) is 0 Å². The van der Waals surface area contributed by atoms with Crippen molar-refractivity contribution in [3.63, 3.8) is 0 Å². The number of carboxylic acid groups (broad SMARTS) is 1. The Morgan fingerprint density at radius 2 is 1.76 bits per heavy atom. The summed E-state index contributed by atoms with van der Waals surface area (Å²) in [6.07, 6.45) is -0.425. The monoisotopic (exact) mass is 302 g/mol. The van der Waals surface area contributed by atoms with Crippen molar-refractivity contribution in [1.29, 1.82) is 0 Å². The molecule has 120 valence electrons. The van der Waals surface area contributed by atoms with E-state index in [-0.39, 0.29) is 18.9 Å². The van der Waals surface area contributed by atoms with Crippen LogP contribution in [0, 0.1) is 5.92 Å². The highest BCUT2D eigenvalue weighted by molar-refractivity contribution is 5.87. The Labute approximate surface area is 122 Å². The predicted octanol–water partition coefficient (Wildman–Crippen LogP) is -1.22. The molecule has 4 amide bonds. The zero-order valence-electron chi connectivity index (χ0n) is 12.1. The number of nitrogens with one attached hydrogen (secondary N) is 3. The summed E-state index contributed by atoms with van der Waals surface area (Å²) in [7, 11) is 0. The van der Waals surface area contributed by atoms with Crippen molar-refractivity contribution in [2.75, 3.05) is 13.1 Å². The second-order valence-electron chi connectivity index (χ2n) is 4.91. The van der Waals surface area contributed by atoms with Crippen LogP contribution in [0.25, 0.3) is 0 Å². The van der Waals surface area contributed by atoms with Gasteiger partial charge in [-0.05, 0) is 5.92 Å². The van der Waals surface area contributed by atoms with E-state index < -0.39 is 30.4 Å². The number of hydrogen-bond donors (Lipinski definition) is 5. The Balaban J connectivity index is 4.00. The first-order chi connectivity index (χ1) is 9.72. The summed E-state index contributed by atoms with van der Waals surface area (Å²) in [6, 6.07) is -2.17. The van der Waals surface area contributed by atoms with Gasteiger partial charge in [-0.15, -0.1) is 0 Å². The van der Waals surface area contributed by atoms with Gasteiger partial charge in [-0.1, -0.05) is 13.8 Å². The average molecular weight is 302 g/mol. The van der Waals surface area contributed by atoms with E-state index in [1.165, 1.54) is 0 Å². The summed E-state index contributed by atoms with van der Waals surface area (Å²) >= 11 is 0. The van der Waals surface area contributed by atoms with Crippen LogP contribution in [-0.2, 0) is 14.4 Å². The standard InChI is InChI=1S/C12H22N4O5/c1-7(2)6-15-10(18)3-4-14-12(21)16-8(11(19)20)5-9(13)17/h7-8H,3-6H2,1-2H3,(H2,13,17)(H,15,18)(H,19,20)(H2,14,16,21)/t8-/m1/s1. The third-order valence-corrected chi connectivity index (χ3v) is 2.35. The SMILES string of the molecule is CC(C)CNC(=O)CCNC(=O)N[C@H](CC(N)=O)C(=O)O. The third kappa shape index (κ3) is 10.2. The molecular weight excluding hydrogens is 280 g/mol. The summed E-state index contributed by atoms with van der Waals surface area (Å²) in [6.45, 7) is 4.51. The number of aliphatic carboxylic acids is 1. The van der Waals surface area contributed by atoms with Gasteiger partial charge in [-0.3, -0.25) is 9.59 Å². The molecule has 6 N–H and O–H groups in total. The number of nitrogens with two attached hydrogens (primary N) is 1. The van der Waals surface area contributed by atoms with Crippen molar-refractivity contribution in [2.45, 2.75) is 32.7 Å². The van der Waals surface area contributed by atoms with Crippen LogP contribution in [0.3, 0.4) is 0 Å². The molecule has 21 heavy (non-hydrogen) atoms. The molecule has 0 saturated heterocycles. The molecule has 0 aliphatic carbocycles. The molecule has 0 spiro atoms. The number of hydrogen-bond acceptors (Lipinski definition) is 4. The van der Waals surface area contributed by atoms with Gasteiger partial charge in [-0.25, -0.2) is 9.59 Å². The normalized spacial score (nSPS) is 11.6. The van der Waals surface area contributed by atoms with Crippen molar-refractivity contribution in [1.82, 2.24) is 16.0 Å². The van der Waals surface area contributed by atoms with Gasteiger partial charge in [0.05, 0.1) is 6.42 Å². The summed E-state index contributed by atoms with van der Waals surface area (Å²) in [4.78, 5) is 44.2. The van der Waals surface area contributed by atoms with E-state index in [2.05, 4.69) is 16.0 Å². The fraction of sp³-hybridized carbons (Fsp3) is 0.667. The molecule has 0 rings (SSSR count). The number of urea groups is 1. The second kappa shape index (κ2) is 9.56. The third-order valence-electron chi connectivity index (χ3n) is 2.35. The van der Waals surface area contributed by atoms with Crippen molar-refractivity contribution in [3.05, 3.63) is 0 Å². The predicted molar refractivity (Wildman–Crippen MR) is 74.2 cm³/mol. The van der Waals surface area contributed by atoms with Gasteiger partial charge in [0.1, 0.15) is 6.04 Å². The molecule has 0 heterocycles. The number of rotatable bonds is 9. The second-order valence-corrected chi connectivity index (χ2v) is 4.91. The van der Waals surface area contributed by atoms with Crippen LogP contribution in [0.15, 0.2) is 0 Å². The first-order valence-electron chi connectivity index (χ1n) is 6.54. The molecule has 0 aliphatic rings. The van der Waals surface area contributed by atoms with Crippen LogP contribution in [0.1, 0.15) is 26.7 Å².